The first-order chi connectivity index (χ1) is 11.1. The van der Waals surface area contributed by atoms with Crippen LogP contribution in [0.5, 0.6) is 0 Å². The van der Waals surface area contributed by atoms with Crippen molar-refractivity contribution in [3.05, 3.63) is 54.1 Å². The fourth-order valence-corrected chi connectivity index (χ4v) is 3.14. The first kappa shape index (κ1) is 15.4. The first-order valence-corrected chi connectivity index (χ1v) is 8.18. The second kappa shape index (κ2) is 6.73. The van der Waals surface area contributed by atoms with E-state index in [2.05, 4.69) is 17.1 Å². The number of anilines is 3. The Morgan fingerprint density at radius 3 is 2.65 bits per heavy atom. The van der Waals surface area contributed by atoms with Gasteiger partial charge >= 0.3 is 0 Å². The van der Waals surface area contributed by atoms with Crippen molar-refractivity contribution in [3.63, 3.8) is 0 Å². The molecule has 1 fully saturated rings. The lowest BCUT2D eigenvalue weighted by atomic mass is 10.0. The Kier molecular flexibility index (Phi) is 4.51. The molecule has 4 heteroatoms. The molecule has 0 radical (unpaired) electrons. The Bertz CT molecular complexity index is 684. The highest BCUT2D eigenvalue weighted by Gasteiger charge is 2.20. The molecule has 3 rings (SSSR count). The van der Waals surface area contributed by atoms with Gasteiger partial charge in [0.15, 0.2) is 0 Å². The molecule has 1 saturated heterocycles. The number of piperidine rings is 1. The van der Waals surface area contributed by atoms with Crippen LogP contribution in [0.1, 0.15) is 36.5 Å². The maximum atomic E-state index is 12.2. The minimum absolute atomic E-state index is 0.121. The lowest BCUT2D eigenvalue weighted by molar-refractivity contribution is 0.102. The highest BCUT2D eigenvalue weighted by Crippen LogP contribution is 2.31. The molecule has 2 aromatic carbocycles. The van der Waals surface area contributed by atoms with Crippen LogP contribution >= 0.6 is 0 Å². The van der Waals surface area contributed by atoms with E-state index in [4.69, 9.17) is 5.73 Å². The van der Waals surface area contributed by atoms with Crippen LogP contribution in [0.25, 0.3) is 0 Å². The predicted octanol–water partition coefficient (Wildman–Crippen LogP) is 3.90. The number of hydrogen-bond donors (Lipinski definition) is 2. The highest BCUT2D eigenvalue weighted by molar-refractivity contribution is 6.04. The zero-order valence-corrected chi connectivity index (χ0v) is 13.5. The number of nitrogens with one attached hydrogen (secondary N) is 1. The highest BCUT2D eigenvalue weighted by atomic mass is 16.1. The monoisotopic (exact) mass is 309 g/mol. The molecule has 23 heavy (non-hydrogen) atoms. The molecule has 0 aliphatic carbocycles. The molecule has 1 aliphatic rings. The molecule has 1 heterocycles. The zero-order chi connectivity index (χ0) is 16.2. The Morgan fingerprint density at radius 1 is 1.17 bits per heavy atom. The standard InChI is InChI=1S/C19H23N3O/c1-14-7-5-6-12-22(14)18-11-10-16(13-17(18)20)21-19(23)15-8-3-2-4-9-15/h2-4,8-11,13-14H,5-7,12,20H2,1H3,(H,21,23)/t14-/m1/s1. The quantitative estimate of drug-likeness (QED) is 0.845. The van der Waals surface area contributed by atoms with Crippen molar-refractivity contribution in [2.45, 2.75) is 32.2 Å². The third-order valence-corrected chi connectivity index (χ3v) is 4.43. The Hall–Kier alpha value is -2.49. The smallest absolute Gasteiger partial charge is 0.255 e. The third-order valence-electron chi connectivity index (χ3n) is 4.43. The SMILES string of the molecule is C[C@@H]1CCCCN1c1ccc(NC(=O)c2ccccc2)cc1N. The molecular formula is C19H23N3O. The van der Waals surface area contributed by atoms with Crippen molar-refractivity contribution in [2.75, 3.05) is 22.5 Å². The van der Waals surface area contributed by atoms with Crippen molar-refractivity contribution in [1.29, 1.82) is 0 Å². The van der Waals surface area contributed by atoms with Gasteiger partial charge in [0.25, 0.3) is 5.91 Å². The molecule has 0 spiro atoms. The molecule has 0 unspecified atom stereocenters. The summed E-state index contributed by atoms with van der Waals surface area (Å²) in [5.41, 5.74) is 9.38. The topological polar surface area (TPSA) is 58.4 Å². The van der Waals surface area contributed by atoms with Crippen molar-refractivity contribution in [3.8, 4) is 0 Å². The van der Waals surface area contributed by atoms with E-state index in [1.807, 2.05) is 36.4 Å². The van der Waals surface area contributed by atoms with Crippen LogP contribution in [0, 0.1) is 0 Å². The average Bonchev–Trinajstić information content (AvgIpc) is 2.57. The van der Waals surface area contributed by atoms with Gasteiger partial charge in [0.2, 0.25) is 0 Å². The Morgan fingerprint density at radius 2 is 1.96 bits per heavy atom. The molecular weight excluding hydrogens is 286 g/mol. The summed E-state index contributed by atoms with van der Waals surface area (Å²) in [4.78, 5) is 14.6. The lowest BCUT2D eigenvalue weighted by Crippen LogP contribution is -2.37. The van der Waals surface area contributed by atoms with Gasteiger partial charge < -0.3 is 16.0 Å². The fraction of sp³-hybridized carbons (Fsp3) is 0.316. The van der Waals surface area contributed by atoms with Crippen LogP contribution in [-0.2, 0) is 0 Å². The van der Waals surface area contributed by atoms with E-state index in [1.54, 1.807) is 12.1 Å². The summed E-state index contributed by atoms with van der Waals surface area (Å²) >= 11 is 0. The van der Waals surface area contributed by atoms with Crippen LogP contribution in [0.4, 0.5) is 17.1 Å². The summed E-state index contributed by atoms with van der Waals surface area (Å²) in [6, 6.07) is 15.5. The van der Waals surface area contributed by atoms with Gasteiger partial charge in [0, 0.05) is 23.8 Å². The molecule has 1 atom stereocenters. The van der Waals surface area contributed by atoms with Crippen LogP contribution in [0.15, 0.2) is 48.5 Å². The van der Waals surface area contributed by atoms with Gasteiger partial charge in [0.1, 0.15) is 0 Å². The van der Waals surface area contributed by atoms with Gasteiger partial charge in [0.05, 0.1) is 11.4 Å². The number of rotatable bonds is 3. The van der Waals surface area contributed by atoms with E-state index < -0.39 is 0 Å². The van der Waals surface area contributed by atoms with E-state index in [1.165, 1.54) is 19.3 Å². The van der Waals surface area contributed by atoms with E-state index in [-0.39, 0.29) is 5.91 Å². The van der Waals surface area contributed by atoms with Crippen LogP contribution in [0.2, 0.25) is 0 Å². The molecule has 0 saturated carbocycles. The zero-order valence-electron chi connectivity index (χ0n) is 13.5. The van der Waals surface area contributed by atoms with E-state index >= 15 is 0 Å². The summed E-state index contributed by atoms with van der Waals surface area (Å²) in [5, 5.41) is 2.90. The minimum atomic E-state index is -0.121. The van der Waals surface area contributed by atoms with E-state index in [0.29, 0.717) is 17.3 Å². The molecule has 4 nitrogen and oxygen atoms in total. The van der Waals surface area contributed by atoms with Crippen LogP contribution in [0.3, 0.4) is 0 Å². The number of nitrogen functional groups attached to an aromatic ring is 1. The maximum absolute atomic E-state index is 12.2. The summed E-state index contributed by atoms with van der Waals surface area (Å²) in [6.07, 6.45) is 3.69. The molecule has 2 aromatic rings. The van der Waals surface area contributed by atoms with Gasteiger partial charge in [-0.3, -0.25) is 4.79 Å². The van der Waals surface area contributed by atoms with Gasteiger partial charge in [-0.05, 0) is 56.5 Å². The number of carbonyl (C=O) groups excluding carboxylic acids is 1. The Balaban J connectivity index is 1.75. The minimum Gasteiger partial charge on any atom is -0.397 e. The normalized spacial score (nSPS) is 17.8. The number of amides is 1. The summed E-state index contributed by atoms with van der Waals surface area (Å²) < 4.78 is 0. The predicted molar refractivity (Wildman–Crippen MR) is 95.9 cm³/mol. The third kappa shape index (κ3) is 3.47. The maximum Gasteiger partial charge on any atom is 0.255 e. The van der Waals surface area contributed by atoms with Crippen molar-refractivity contribution in [2.24, 2.45) is 0 Å². The fourth-order valence-electron chi connectivity index (χ4n) is 3.14. The number of nitrogens with zero attached hydrogens (tertiary/aromatic N) is 1. The molecule has 120 valence electrons. The van der Waals surface area contributed by atoms with Gasteiger partial charge in [-0.15, -0.1) is 0 Å². The Labute approximate surface area is 137 Å². The van der Waals surface area contributed by atoms with Gasteiger partial charge in [-0.1, -0.05) is 18.2 Å². The number of benzene rings is 2. The van der Waals surface area contributed by atoms with Crippen LogP contribution in [-0.4, -0.2) is 18.5 Å². The summed E-state index contributed by atoms with van der Waals surface area (Å²) in [7, 11) is 0. The van der Waals surface area contributed by atoms with Crippen LogP contribution < -0.4 is 16.0 Å². The number of carbonyl (C=O) groups is 1. The summed E-state index contributed by atoms with van der Waals surface area (Å²) in [5.74, 6) is -0.121. The number of hydrogen-bond acceptors (Lipinski definition) is 3. The second-order valence-electron chi connectivity index (χ2n) is 6.13. The van der Waals surface area contributed by atoms with Crippen molar-refractivity contribution in [1.82, 2.24) is 0 Å². The largest absolute Gasteiger partial charge is 0.397 e. The van der Waals surface area contributed by atoms with Crippen molar-refractivity contribution >= 4 is 23.0 Å². The molecule has 0 aromatic heterocycles. The van der Waals surface area contributed by atoms with E-state index in [0.717, 1.165) is 17.9 Å². The second-order valence-corrected chi connectivity index (χ2v) is 6.13. The average molecular weight is 309 g/mol. The molecule has 3 N–H and O–H groups in total. The molecule has 1 aliphatic heterocycles. The first-order valence-electron chi connectivity index (χ1n) is 8.18. The van der Waals surface area contributed by atoms with E-state index in [9.17, 15) is 4.79 Å². The van der Waals surface area contributed by atoms with Gasteiger partial charge in [-0.25, -0.2) is 0 Å². The number of nitrogens with two attached hydrogens (primary N) is 1. The lowest BCUT2D eigenvalue weighted by Gasteiger charge is -2.36. The molecule has 0 bridgehead atoms. The summed E-state index contributed by atoms with van der Waals surface area (Å²) in [6.45, 7) is 3.28. The van der Waals surface area contributed by atoms with Crippen molar-refractivity contribution < 1.29 is 4.79 Å². The molecule has 1 amide bonds. The van der Waals surface area contributed by atoms with Gasteiger partial charge in [-0.2, -0.15) is 0 Å².